The maximum atomic E-state index is 12.9. The number of amides is 2. The molecule has 2 atom stereocenters. The summed E-state index contributed by atoms with van der Waals surface area (Å²) in [5.74, 6) is -0.901. The molecule has 0 saturated carbocycles. The molecule has 10 heteroatoms. The molecule has 1 heterocycles. The summed E-state index contributed by atoms with van der Waals surface area (Å²) in [5.41, 5.74) is 18.6. The van der Waals surface area contributed by atoms with Gasteiger partial charge in [0.1, 0.15) is 12.3 Å². The Morgan fingerprint density at radius 2 is 1.68 bits per heavy atom. The molecule has 0 bridgehead atoms. The number of nitrogens with one attached hydrogen (secondary N) is 3. The highest BCUT2D eigenvalue weighted by molar-refractivity contribution is 5.99. The van der Waals surface area contributed by atoms with Crippen LogP contribution in [0.1, 0.15) is 18.4 Å². The fourth-order valence-corrected chi connectivity index (χ4v) is 3.41. The van der Waals surface area contributed by atoms with E-state index in [1.54, 1.807) is 6.20 Å². The van der Waals surface area contributed by atoms with Crippen molar-refractivity contribution in [3.63, 3.8) is 0 Å². The second-order valence-corrected chi connectivity index (χ2v) is 8.46. The Balaban J connectivity index is 0.000000604. The fourth-order valence-electron chi connectivity index (χ4n) is 3.41. The number of aryl methyl sites for hydroxylation is 1. The predicted octanol–water partition coefficient (Wildman–Crippen LogP) is 0.699. The summed E-state index contributed by atoms with van der Waals surface area (Å²) in [5, 5.41) is 9.34. The van der Waals surface area contributed by atoms with Crippen molar-refractivity contribution in [2.75, 3.05) is 25.5 Å². The van der Waals surface area contributed by atoms with Crippen LogP contribution in [0.2, 0.25) is 0 Å². The van der Waals surface area contributed by atoms with E-state index in [9.17, 15) is 14.4 Å². The van der Waals surface area contributed by atoms with Gasteiger partial charge in [-0.25, -0.2) is 0 Å². The molecule has 0 saturated heterocycles. The van der Waals surface area contributed by atoms with Crippen molar-refractivity contribution >= 4 is 34.7 Å². The molecule has 37 heavy (non-hydrogen) atoms. The standard InChI is InChI=1S/C23H24N4O3.C4H13N3/c24-19(12-13-28)22(29)27-21(11-10-16-6-2-1-3-7-16)23(30)26-18-14-17-8-4-5-9-20(17)25-15-18;1-7-4(2-5)3-6/h1-9,13-15,19,21H,10-12,24H2,(H,26,30)(H,27,29);4,7H,2-3,5-6H2,1H3. The van der Waals surface area contributed by atoms with Crippen LogP contribution in [0.4, 0.5) is 5.69 Å². The zero-order chi connectivity index (χ0) is 27.0. The van der Waals surface area contributed by atoms with Gasteiger partial charge in [-0.2, -0.15) is 0 Å². The quantitative estimate of drug-likeness (QED) is 0.194. The number of rotatable bonds is 12. The third-order valence-corrected chi connectivity index (χ3v) is 5.72. The first-order valence-corrected chi connectivity index (χ1v) is 12.2. The van der Waals surface area contributed by atoms with E-state index in [0.29, 0.717) is 43.9 Å². The summed E-state index contributed by atoms with van der Waals surface area (Å²) in [7, 11) is 1.85. The molecule has 0 radical (unpaired) electrons. The van der Waals surface area contributed by atoms with Gasteiger partial charge in [-0.15, -0.1) is 0 Å². The molecule has 0 fully saturated rings. The van der Waals surface area contributed by atoms with E-state index in [-0.39, 0.29) is 12.3 Å². The molecule has 0 aliphatic heterocycles. The third-order valence-electron chi connectivity index (χ3n) is 5.72. The number of para-hydroxylation sites is 1. The van der Waals surface area contributed by atoms with E-state index in [4.69, 9.17) is 17.2 Å². The summed E-state index contributed by atoms with van der Waals surface area (Å²) < 4.78 is 0. The number of likely N-dealkylation sites (N-methyl/N-ethyl adjacent to an activating group) is 1. The smallest absolute Gasteiger partial charge is 0.247 e. The van der Waals surface area contributed by atoms with Gasteiger partial charge in [-0.05, 0) is 37.6 Å². The average molecular weight is 508 g/mol. The Bertz CT molecular complexity index is 1120. The zero-order valence-corrected chi connectivity index (χ0v) is 21.1. The van der Waals surface area contributed by atoms with Crippen LogP contribution in [0.5, 0.6) is 0 Å². The SMILES string of the molecule is CNC(CN)CN.NC(CC=O)C(=O)NC(CCc1ccccc1)C(=O)Nc1cnc2ccccc2c1. The lowest BCUT2D eigenvalue weighted by Gasteiger charge is -2.20. The normalized spacial score (nSPS) is 12.2. The first-order chi connectivity index (χ1) is 17.9. The van der Waals surface area contributed by atoms with E-state index in [1.807, 2.05) is 67.7 Å². The van der Waals surface area contributed by atoms with Crippen LogP contribution in [0.15, 0.2) is 66.9 Å². The van der Waals surface area contributed by atoms with Gasteiger partial charge in [-0.3, -0.25) is 14.6 Å². The van der Waals surface area contributed by atoms with Crippen molar-refractivity contribution in [2.24, 2.45) is 17.2 Å². The minimum atomic E-state index is -0.989. The van der Waals surface area contributed by atoms with Crippen LogP contribution in [0, 0.1) is 0 Å². The molecule has 2 unspecified atom stereocenters. The number of fused-ring (bicyclic) bond motifs is 1. The number of carbonyl (C=O) groups excluding carboxylic acids is 3. The lowest BCUT2D eigenvalue weighted by Crippen LogP contribution is -2.50. The number of aldehydes is 1. The van der Waals surface area contributed by atoms with E-state index < -0.39 is 18.0 Å². The Morgan fingerprint density at radius 3 is 2.30 bits per heavy atom. The number of nitrogens with two attached hydrogens (primary N) is 3. The van der Waals surface area contributed by atoms with Crippen molar-refractivity contribution in [3.8, 4) is 0 Å². The highest BCUT2D eigenvalue weighted by Crippen LogP contribution is 2.17. The summed E-state index contributed by atoms with van der Waals surface area (Å²) >= 11 is 0. The predicted molar refractivity (Wildman–Crippen MR) is 147 cm³/mol. The fraction of sp³-hybridized carbons (Fsp3) is 0.333. The Morgan fingerprint density at radius 1 is 1.00 bits per heavy atom. The molecule has 10 nitrogen and oxygen atoms in total. The van der Waals surface area contributed by atoms with Gasteiger partial charge in [0.15, 0.2) is 0 Å². The van der Waals surface area contributed by atoms with Crippen LogP contribution in [-0.2, 0) is 20.8 Å². The second-order valence-electron chi connectivity index (χ2n) is 8.46. The van der Waals surface area contributed by atoms with Crippen LogP contribution in [0.3, 0.4) is 0 Å². The Kier molecular flexibility index (Phi) is 12.9. The monoisotopic (exact) mass is 507 g/mol. The van der Waals surface area contributed by atoms with Crippen LogP contribution in [0.25, 0.3) is 10.9 Å². The summed E-state index contributed by atoms with van der Waals surface area (Å²) in [4.78, 5) is 40.2. The molecule has 0 spiro atoms. The number of benzene rings is 2. The molecular weight excluding hydrogens is 470 g/mol. The molecule has 2 amide bonds. The second kappa shape index (κ2) is 16.1. The van der Waals surface area contributed by atoms with Gasteiger partial charge >= 0.3 is 0 Å². The number of aromatic nitrogens is 1. The molecule has 9 N–H and O–H groups in total. The largest absolute Gasteiger partial charge is 0.343 e. The minimum absolute atomic E-state index is 0.104. The van der Waals surface area contributed by atoms with Crippen molar-refractivity contribution < 1.29 is 14.4 Å². The number of hydrogen-bond donors (Lipinski definition) is 6. The van der Waals surface area contributed by atoms with Crippen LogP contribution < -0.4 is 33.2 Å². The zero-order valence-electron chi connectivity index (χ0n) is 21.1. The van der Waals surface area contributed by atoms with E-state index in [1.165, 1.54) is 0 Å². The maximum Gasteiger partial charge on any atom is 0.247 e. The first kappa shape index (κ1) is 29.5. The number of pyridine rings is 1. The van der Waals surface area contributed by atoms with Crippen molar-refractivity contribution in [1.29, 1.82) is 0 Å². The Labute approximate surface area is 217 Å². The van der Waals surface area contributed by atoms with Crippen molar-refractivity contribution in [2.45, 2.75) is 37.4 Å². The average Bonchev–Trinajstić information content (AvgIpc) is 2.92. The molecule has 0 aliphatic rings. The molecule has 3 rings (SSSR count). The van der Waals surface area contributed by atoms with Crippen molar-refractivity contribution in [3.05, 3.63) is 72.4 Å². The molecule has 0 aliphatic carbocycles. The van der Waals surface area contributed by atoms with Gasteiger partial charge in [0.25, 0.3) is 0 Å². The van der Waals surface area contributed by atoms with Gasteiger partial charge in [-0.1, -0.05) is 48.5 Å². The van der Waals surface area contributed by atoms with Gasteiger partial charge in [0, 0.05) is 30.9 Å². The summed E-state index contributed by atoms with van der Waals surface area (Å²) in [6, 6.07) is 17.6. The van der Waals surface area contributed by atoms with Gasteiger partial charge in [0.05, 0.1) is 23.4 Å². The molecule has 198 valence electrons. The lowest BCUT2D eigenvalue weighted by atomic mass is 10.0. The van der Waals surface area contributed by atoms with Gasteiger partial charge < -0.3 is 37.9 Å². The van der Waals surface area contributed by atoms with E-state index >= 15 is 0 Å². The number of carbonyl (C=O) groups is 3. The highest BCUT2D eigenvalue weighted by Gasteiger charge is 2.24. The van der Waals surface area contributed by atoms with E-state index in [0.717, 1.165) is 16.5 Å². The number of anilines is 1. The number of nitrogens with zero attached hydrogens (tertiary/aromatic N) is 1. The van der Waals surface area contributed by atoms with Crippen molar-refractivity contribution in [1.82, 2.24) is 15.6 Å². The summed E-state index contributed by atoms with van der Waals surface area (Å²) in [6.07, 6.45) is 3.04. The number of hydrogen-bond acceptors (Lipinski definition) is 8. The topological polar surface area (TPSA) is 178 Å². The minimum Gasteiger partial charge on any atom is -0.343 e. The van der Waals surface area contributed by atoms with E-state index in [2.05, 4.69) is 20.9 Å². The highest BCUT2D eigenvalue weighted by atomic mass is 16.2. The molecule has 1 aromatic heterocycles. The molecular formula is C27H37N7O3. The lowest BCUT2D eigenvalue weighted by molar-refractivity contribution is -0.128. The Hall–Kier alpha value is -3.70. The third kappa shape index (κ3) is 10.1. The molecule has 2 aromatic carbocycles. The maximum absolute atomic E-state index is 12.9. The summed E-state index contributed by atoms with van der Waals surface area (Å²) in [6.45, 7) is 1.24. The van der Waals surface area contributed by atoms with Crippen LogP contribution >= 0.6 is 0 Å². The van der Waals surface area contributed by atoms with Gasteiger partial charge in [0.2, 0.25) is 11.8 Å². The molecule has 3 aromatic rings. The first-order valence-electron chi connectivity index (χ1n) is 12.2. The van der Waals surface area contributed by atoms with Crippen LogP contribution in [-0.4, -0.2) is 61.3 Å².